The van der Waals surface area contributed by atoms with Crippen molar-refractivity contribution in [3.05, 3.63) is 59.4 Å². The molecule has 0 bridgehead atoms. The minimum atomic E-state index is -0.305. The molecule has 2 rings (SSSR count). The Morgan fingerprint density at radius 1 is 1.22 bits per heavy atom. The van der Waals surface area contributed by atoms with Crippen molar-refractivity contribution in [2.45, 2.75) is 10.6 Å². The van der Waals surface area contributed by atoms with E-state index >= 15 is 0 Å². The van der Waals surface area contributed by atoms with Crippen LogP contribution in [0.25, 0.3) is 0 Å². The first-order valence-electron chi connectivity index (χ1n) is 5.36. The van der Waals surface area contributed by atoms with Crippen molar-refractivity contribution in [2.75, 3.05) is 5.73 Å². The first-order chi connectivity index (χ1) is 8.70. The minimum Gasteiger partial charge on any atom is -0.398 e. The average molecular weight is 258 g/mol. The third-order valence-corrected chi connectivity index (χ3v) is 3.62. The number of rotatable bonds is 3. The SMILES string of the molecule is N#Cc1ccccc1CSc1cc(F)ccc1N. The number of hydrogen-bond donors (Lipinski definition) is 1. The molecule has 0 atom stereocenters. The van der Waals surface area contributed by atoms with E-state index in [4.69, 9.17) is 11.0 Å². The fourth-order valence-electron chi connectivity index (χ4n) is 1.54. The molecule has 0 amide bonds. The summed E-state index contributed by atoms with van der Waals surface area (Å²) in [5, 5.41) is 8.97. The second kappa shape index (κ2) is 5.56. The van der Waals surface area contributed by atoms with E-state index in [1.54, 1.807) is 12.1 Å². The highest BCUT2D eigenvalue weighted by Gasteiger charge is 2.05. The van der Waals surface area contributed by atoms with Crippen molar-refractivity contribution >= 4 is 17.4 Å². The molecular formula is C14H11FN2S. The van der Waals surface area contributed by atoms with Gasteiger partial charge in [-0.05, 0) is 29.8 Å². The molecule has 0 spiro atoms. The third-order valence-electron chi connectivity index (χ3n) is 2.50. The van der Waals surface area contributed by atoms with Crippen molar-refractivity contribution in [2.24, 2.45) is 0 Å². The quantitative estimate of drug-likeness (QED) is 0.676. The molecule has 2 nitrogen and oxygen atoms in total. The lowest BCUT2D eigenvalue weighted by atomic mass is 10.1. The number of nitrogens with zero attached hydrogens (tertiary/aromatic N) is 1. The molecule has 0 fully saturated rings. The molecule has 0 heterocycles. The Balaban J connectivity index is 2.17. The molecule has 0 saturated carbocycles. The summed E-state index contributed by atoms with van der Waals surface area (Å²) in [5.41, 5.74) is 7.89. The van der Waals surface area contributed by atoms with Gasteiger partial charge in [0, 0.05) is 16.3 Å². The lowest BCUT2D eigenvalue weighted by Gasteiger charge is -2.06. The third kappa shape index (κ3) is 2.82. The predicted octanol–water partition coefficient (Wildman–Crippen LogP) is 3.57. The Labute approximate surface area is 109 Å². The van der Waals surface area contributed by atoms with Crippen LogP contribution in [0.3, 0.4) is 0 Å². The number of hydrogen-bond acceptors (Lipinski definition) is 3. The summed E-state index contributed by atoms with van der Waals surface area (Å²) in [4.78, 5) is 0.697. The van der Waals surface area contributed by atoms with Crippen molar-refractivity contribution < 1.29 is 4.39 Å². The number of thioether (sulfide) groups is 1. The van der Waals surface area contributed by atoms with Crippen LogP contribution >= 0.6 is 11.8 Å². The Morgan fingerprint density at radius 3 is 2.78 bits per heavy atom. The van der Waals surface area contributed by atoms with Crippen LogP contribution < -0.4 is 5.73 Å². The Hall–Kier alpha value is -1.99. The molecule has 2 N–H and O–H groups in total. The van der Waals surface area contributed by atoms with E-state index in [0.29, 0.717) is 21.9 Å². The summed E-state index contributed by atoms with van der Waals surface area (Å²) in [7, 11) is 0. The molecule has 4 heteroatoms. The molecule has 2 aromatic rings. The molecule has 0 aromatic heterocycles. The highest BCUT2D eigenvalue weighted by Crippen LogP contribution is 2.29. The van der Waals surface area contributed by atoms with E-state index < -0.39 is 0 Å². The molecule has 0 aliphatic rings. The van der Waals surface area contributed by atoms with Gasteiger partial charge in [0.25, 0.3) is 0 Å². The maximum absolute atomic E-state index is 13.1. The van der Waals surface area contributed by atoms with Crippen molar-refractivity contribution in [1.82, 2.24) is 0 Å². The number of halogens is 1. The van der Waals surface area contributed by atoms with Gasteiger partial charge in [0.05, 0.1) is 11.6 Å². The van der Waals surface area contributed by atoms with E-state index in [2.05, 4.69) is 6.07 Å². The summed E-state index contributed by atoms with van der Waals surface area (Å²) in [6.45, 7) is 0. The maximum Gasteiger partial charge on any atom is 0.124 e. The molecule has 90 valence electrons. The Morgan fingerprint density at radius 2 is 2.00 bits per heavy atom. The van der Waals surface area contributed by atoms with Gasteiger partial charge < -0.3 is 5.73 Å². The van der Waals surface area contributed by atoms with Crippen LogP contribution in [0.1, 0.15) is 11.1 Å². The standard InChI is InChI=1S/C14H11FN2S/c15-12-5-6-13(17)14(7-12)18-9-11-4-2-1-3-10(11)8-16/h1-7H,9,17H2. The van der Waals surface area contributed by atoms with E-state index in [9.17, 15) is 4.39 Å². The number of nitrogens with two attached hydrogens (primary N) is 1. The molecule has 2 aromatic carbocycles. The first kappa shape index (κ1) is 12.5. The first-order valence-corrected chi connectivity index (χ1v) is 6.35. The number of nitrogen functional groups attached to an aromatic ring is 1. The zero-order valence-corrected chi connectivity index (χ0v) is 10.4. The summed E-state index contributed by atoms with van der Waals surface area (Å²) in [6, 6.07) is 13.8. The predicted molar refractivity (Wildman–Crippen MR) is 71.5 cm³/mol. The molecule has 18 heavy (non-hydrogen) atoms. The van der Waals surface area contributed by atoms with Gasteiger partial charge in [-0.2, -0.15) is 5.26 Å². The zero-order chi connectivity index (χ0) is 13.0. The number of benzene rings is 2. The lowest BCUT2D eigenvalue weighted by Crippen LogP contribution is -1.91. The van der Waals surface area contributed by atoms with E-state index in [0.717, 1.165) is 5.56 Å². The molecule has 0 unspecified atom stereocenters. The summed E-state index contributed by atoms with van der Waals surface area (Å²) in [5.74, 6) is 0.289. The summed E-state index contributed by atoms with van der Waals surface area (Å²) in [6.07, 6.45) is 0. The second-order valence-electron chi connectivity index (χ2n) is 3.74. The van der Waals surface area contributed by atoms with Gasteiger partial charge in [-0.3, -0.25) is 0 Å². The van der Waals surface area contributed by atoms with Gasteiger partial charge in [-0.1, -0.05) is 18.2 Å². The number of anilines is 1. The van der Waals surface area contributed by atoms with Gasteiger partial charge in [-0.15, -0.1) is 11.8 Å². The van der Waals surface area contributed by atoms with Crippen molar-refractivity contribution in [3.8, 4) is 6.07 Å². The topological polar surface area (TPSA) is 49.8 Å². The summed E-state index contributed by atoms with van der Waals surface area (Å²) < 4.78 is 13.1. The monoisotopic (exact) mass is 258 g/mol. The molecule has 0 saturated heterocycles. The fourth-order valence-corrected chi connectivity index (χ4v) is 2.54. The number of nitriles is 1. The highest BCUT2D eigenvalue weighted by atomic mass is 32.2. The summed E-state index contributed by atoms with van der Waals surface area (Å²) >= 11 is 1.43. The largest absolute Gasteiger partial charge is 0.398 e. The molecule has 0 radical (unpaired) electrons. The van der Waals surface area contributed by atoms with E-state index in [-0.39, 0.29) is 5.82 Å². The Kier molecular flexibility index (Phi) is 3.85. The van der Waals surface area contributed by atoms with Gasteiger partial charge in [0.1, 0.15) is 5.82 Å². The van der Waals surface area contributed by atoms with Crippen LogP contribution in [0.2, 0.25) is 0 Å². The van der Waals surface area contributed by atoms with Gasteiger partial charge in [0.2, 0.25) is 0 Å². The van der Waals surface area contributed by atoms with Crippen LogP contribution in [0.15, 0.2) is 47.4 Å². The average Bonchev–Trinajstić information content (AvgIpc) is 2.40. The maximum atomic E-state index is 13.1. The van der Waals surface area contributed by atoms with E-state index in [1.807, 2.05) is 18.2 Å². The minimum absolute atomic E-state index is 0.305. The smallest absolute Gasteiger partial charge is 0.124 e. The molecule has 0 aliphatic heterocycles. The van der Waals surface area contributed by atoms with Crippen LogP contribution in [-0.2, 0) is 5.75 Å². The Bertz CT molecular complexity index is 605. The highest BCUT2D eigenvalue weighted by molar-refractivity contribution is 7.98. The molecule has 0 aliphatic carbocycles. The van der Waals surface area contributed by atoms with Crippen molar-refractivity contribution in [1.29, 1.82) is 5.26 Å². The van der Waals surface area contributed by atoms with Crippen LogP contribution in [-0.4, -0.2) is 0 Å². The van der Waals surface area contributed by atoms with Crippen LogP contribution in [0.5, 0.6) is 0 Å². The normalized spacial score (nSPS) is 10.0. The fraction of sp³-hybridized carbons (Fsp3) is 0.0714. The van der Waals surface area contributed by atoms with E-state index in [1.165, 1.54) is 23.9 Å². The molecular weight excluding hydrogens is 247 g/mol. The lowest BCUT2D eigenvalue weighted by molar-refractivity contribution is 0.624. The van der Waals surface area contributed by atoms with Gasteiger partial charge in [-0.25, -0.2) is 4.39 Å². The van der Waals surface area contributed by atoms with Gasteiger partial charge >= 0.3 is 0 Å². The second-order valence-corrected chi connectivity index (χ2v) is 4.76. The zero-order valence-electron chi connectivity index (χ0n) is 9.56. The van der Waals surface area contributed by atoms with Crippen LogP contribution in [0, 0.1) is 17.1 Å². The van der Waals surface area contributed by atoms with Crippen LogP contribution in [0.4, 0.5) is 10.1 Å². The van der Waals surface area contributed by atoms with Crippen molar-refractivity contribution in [3.63, 3.8) is 0 Å². The van der Waals surface area contributed by atoms with Gasteiger partial charge in [0.15, 0.2) is 0 Å².